The normalized spacial score (nSPS) is 10.6. The van der Waals surface area contributed by atoms with E-state index in [4.69, 9.17) is 0 Å². The summed E-state index contributed by atoms with van der Waals surface area (Å²) in [5, 5.41) is 10.8. The Morgan fingerprint density at radius 3 is 2.57 bits per heavy atom. The first-order chi connectivity index (χ1) is 10.9. The molecule has 0 aliphatic rings. The number of amides is 1. The summed E-state index contributed by atoms with van der Waals surface area (Å²) >= 11 is 4.34. The van der Waals surface area contributed by atoms with E-state index in [1.54, 1.807) is 30.8 Å². The van der Waals surface area contributed by atoms with Gasteiger partial charge in [0.15, 0.2) is 8.68 Å². The topological polar surface area (TPSA) is 54.9 Å². The van der Waals surface area contributed by atoms with Crippen molar-refractivity contribution < 1.29 is 9.18 Å². The van der Waals surface area contributed by atoms with Crippen molar-refractivity contribution in [1.29, 1.82) is 0 Å². The Morgan fingerprint density at radius 1 is 1.30 bits per heavy atom. The van der Waals surface area contributed by atoms with Gasteiger partial charge in [0.05, 0.1) is 5.75 Å². The summed E-state index contributed by atoms with van der Waals surface area (Å²) in [7, 11) is 0. The van der Waals surface area contributed by atoms with E-state index in [-0.39, 0.29) is 17.5 Å². The van der Waals surface area contributed by atoms with Crippen molar-refractivity contribution in [3.05, 3.63) is 41.7 Å². The second kappa shape index (κ2) is 8.47. The van der Waals surface area contributed by atoms with Crippen LogP contribution >= 0.6 is 34.9 Å². The van der Waals surface area contributed by atoms with Crippen LogP contribution in [0.3, 0.4) is 0 Å². The molecule has 23 heavy (non-hydrogen) atoms. The summed E-state index contributed by atoms with van der Waals surface area (Å²) in [5.41, 5.74) is 2.07. The number of thioether (sulfide) groups is 2. The van der Waals surface area contributed by atoms with E-state index in [1.807, 2.05) is 6.92 Å². The molecule has 1 aromatic carbocycles. The van der Waals surface area contributed by atoms with Gasteiger partial charge in [-0.2, -0.15) is 0 Å². The third-order valence-electron chi connectivity index (χ3n) is 2.61. The van der Waals surface area contributed by atoms with Crippen molar-refractivity contribution >= 4 is 46.5 Å². The van der Waals surface area contributed by atoms with Crippen LogP contribution in [0.25, 0.3) is 0 Å². The minimum atomic E-state index is -0.334. The number of rotatable bonds is 7. The lowest BCUT2D eigenvalue weighted by Crippen LogP contribution is -2.14. The molecular formula is C15H16FN3OS3. The Bertz CT molecular complexity index is 718. The Labute approximate surface area is 147 Å². The van der Waals surface area contributed by atoms with Gasteiger partial charge in [-0.25, -0.2) is 4.39 Å². The highest BCUT2D eigenvalue weighted by Crippen LogP contribution is 2.29. The average molecular weight is 370 g/mol. The molecule has 0 unspecified atom stereocenters. The number of anilines is 1. The number of nitrogens with one attached hydrogen (secondary N) is 1. The summed E-state index contributed by atoms with van der Waals surface area (Å²) in [6.45, 7) is 7.48. The number of halogens is 1. The van der Waals surface area contributed by atoms with Crippen molar-refractivity contribution in [2.45, 2.75) is 22.5 Å². The van der Waals surface area contributed by atoms with E-state index in [0.717, 1.165) is 20.0 Å². The number of nitrogens with zero attached hydrogens (tertiary/aromatic N) is 2. The molecule has 0 aliphatic heterocycles. The fourth-order valence-electron chi connectivity index (χ4n) is 1.49. The lowest BCUT2D eigenvalue weighted by atomic mass is 10.2. The molecular weight excluding hydrogens is 353 g/mol. The molecule has 2 aromatic rings. The number of aromatic nitrogens is 2. The van der Waals surface area contributed by atoms with Gasteiger partial charge in [-0.15, -0.1) is 10.2 Å². The van der Waals surface area contributed by atoms with Gasteiger partial charge in [-0.3, -0.25) is 4.79 Å². The third-order valence-corrected chi connectivity index (χ3v) is 6.03. The highest BCUT2D eigenvalue weighted by Gasteiger charge is 2.09. The van der Waals surface area contributed by atoms with Crippen molar-refractivity contribution in [3.63, 3.8) is 0 Å². The van der Waals surface area contributed by atoms with E-state index in [9.17, 15) is 9.18 Å². The van der Waals surface area contributed by atoms with Crippen molar-refractivity contribution in [3.8, 4) is 0 Å². The Hall–Kier alpha value is -1.38. The van der Waals surface area contributed by atoms with Crippen LogP contribution < -0.4 is 5.32 Å². The molecule has 1 aromatic heterocycles. The van der Waals surface area contributed by atoms with Gasteiger partial charge in [0.1, 0.15) is 5.82 Å². The fourth-order valence-corrected chi connectivity index (χ4v) is 4.16. The third kappa shape index (κ3) is 5.96. The number of aryl methyl sites for hydroxylation is 1. The predicted molar refractivity (Wildman–Crippen MR) is 95.9 cm³/mol. The minimum absolute atomic E-state index is 0.204. The van der Waals surface area contributed by atoms with Gasteiger partial charge >= 0.3 is 0 Å². The van der Waals surface area contributed by atoms with Gasteiger partial charge in [0.25, 0.3) is 0 Å². The zero-order valence-electron chi connectivity index (χ0n) is 12.8. The van der Waals surface area contributed by atoms with Gasteiger partial charge in [-0.1, -0.05) is 53.1 Å². The van der Waals surface area contributed by atoms with E-state index < -0.39 is 0 Å². The molecule has 0 bridgehead atoms. The first-order valence-corrected chi connectivity index (χ1v) is 9.52. The number of hydrogen-bond donors (Lipinski definition) is 1. The van der Waals surface area contributed by atoms with Gasteiger partial charge in [0, 0.05) is 11.4 Å². The van der Waals surface area contributed by atoms with E-state index >= 15 is 0 Å². The maximum atomic E-state index is 13.4. The molecule has 8 heteroatoms. The number of benzene rings is 1. The minimum Gasteiger partial charge on any atom is -0.325 e. The first-order valence-electron chi connectivity index (χ1n) is 6.73. The van der Waals surface area contributed by atoms with Gasteiger partial charge in [-0.05, 0) is 31.5 Å². The van der Waals surface area contributed by atoms with Crippen LogP contribution in [0.15, 0.2) is 39.0 Å². The highest BCUT2D eigenvalue weighted by atomic mass is 32.2. The van der Waals surface area contributed by atoms with Crippen LogP contribution in [0.5, 0.6) is 0 Å². The maximum Gasteiger partial charge on any atom is 0.234 e. The second-order valence-electron chi connectivity index (χ2n) is 4.88. The van der Waals surface area contributed by atoms with E-state index in [2.05, 4.69) is 22.1 Å². The molecule has 4 nitrogen and oxygen atoms in total. The van der Waals surface area contributed by atoms with Crippen molar-refractivity contribution in [2.24, 2.45) is 0 Å². The smallest absolute Gasteiger partial charge is 0.234 e. The summed E-state index contributed by atoms with van der Waals surface area (Å²) < 4.78 is 15.0. The largest absolute Gasteiger partial charge is 0.325 e. The van der Waals surface area contributed by atoms with Crippen LogP contribution in [-0.2, 0) is 4.79 Å². The zero-order valence-corrected chi connectivity index (χ0v) is 15.2. The monoisotopic (exact) mass is 369 g/mol. The van der Waals surface area contributed by atoms with Gasteiger partial charge in [0.2, 0.25) is 5.91 Å². The van der Waals surface area contributed by atoms with Crippen molar-refractivity contribution in [1.82, 2.24) is 10.2 Å². The lowest BCUT2D eigenvalue weighted by molar-refractivity contribution is -0.113. The number of hydrogen-bond acceptors (Lipinski definition) is 6. The quantitative estimate of drug-likeness (QED) is 0.580. The molecule has 0 spiro atoms. The van der Waals surface area contributed by atoms with Crippen LogP contribution in [0, 0.1) is 12.7 Å². The Balaban J connectivity index is 1.82. The SMILES string of the molecule is C=C(C)CSc1nnc(SCC(=O)Nc2ccc(C)c(F)c2)s1. The van der Waals surface area contributed by atoms with Gasteiger partial charge < -0.3 is 5.32 Å². The van der Waals surface area contributed by atoms with Crippen molar-refractivity contribution in [2.75, 3.05) is 16.8 Å². The molecule has 1 N–H and O–H groups in total. The predicted octanol–water partition coefficient (Wildman–Crippen LogP) is 4.38. The first kappa shape index (κ1) is 18.0. The zero-order chi connectivity index (χ0) is 16.8. The standard InChI is InChI=1S/C15H16FN3OS3/c1-9(2)7-21-14-18-19-15(23-14)22-8-13(20)17-11-5-4-10(3)12(16)6-11/h4-6H,1,7-8H2,2-3H3,(H,17,20). The highest BCUT2D eigenvalue weighted by molar-refractivity contribution is 8.03. The molecule has 0 radical (unpaired) electrons. The molecule has 0 atom stereocenters. The second-order valence-corrected chi connectivity index (χ2v) is 8.30. The van der Waals surface area contributed by atoms with Crippen LogP contribution in [0.1, 0.15) is 12.5 Å². The molecule has 0 saturated heterocycles. The lowest BCUT2D eigenvalue weighted by Gasteiger charge is -2.05. The van der Waals surface area contributed by atoms with E-state index in [1.165, 1.54) is 29.2 Å². The maximum absolute atomic E-state index is 13.4. The summed E-state index contributed by atoms with van der Waals surface area (Å²) in [5.74, 6) is 0.469. The number of carbonyl (C=O) groups is 1. The molecule has 0 fully saturated rings. The molecule has 2 rings (SSSR count). The summed E-state index contributed by atoms with van der Waals surface area (Å²) in [4.78, 5) is 11.9. The molecule has 0 aliphatic carbocycles. The Kier molecular flexibility index (Phi) is 6.61. The van der Waals surface area contributed by atoms with Crippen LogP contribution in [0.2, 0.25) is 0 Å². The molecule has 1 amide bonds. The molecule has 122 valence electrons. The summed E-state index contributed by atoms with van der Waals surface area (Å²) in [6, 6.07) is 4.63. The molecule has 0 saturated carbocycles. The Morgan fingerprint density at radius 2 is 1.96 bits per heavy atom. The van der Waals surface area contributed by atoms with E-state index in [0.29, 0.717) is 11.3 Å². The molecule has 1 heterocycles. The van der Waals surface area contributed by atoms with Crippen LogP contribution in [-0.4, -0.2) is 27.6 Å². The van der Waals surface area contributed by atoms with Crippen LogP contribution in [0.4, 0.5) is 10.1 Å². The fraction of sp³-hybridized carbons (Fsp3) is 0.267. The number of carbonyl (C=O) groups excluding carboxylic acids is 1. The average Bonchev–Trinajstić information content (AvgIpc) is 2.95. The summed E-state index contributed by atoms with van der Waals surface area (Å²) in [6.07, 6.45) is 0.